The lowest BCUT2D eigenvalue weighted by atomic mass is 11.9. The Kier molecular flexibility index (Phi) is 5.18. The van der Waals surface area contributed by atoms with E-state index in [4.69, 9.17) is 20.6 Å². The third-order valence-corrected chi connectivity index (χ3v) is 21.1. The summed E-state index contributed by atoms with van der Waals surface area (Å²) in [5.41, 5.74) is 0. The summed E-state index contributed by atoms with van der Waals surface area (Å²) in [5, 5.41) is 0. The third kappa shape index (κ3) is 6.31. The lowest BCUT2D eigenvalue weighted by Gasteiger charge is -2.45. The van der Waals surface area contributed by atoms with Gasteiger partial charge in [0, 0.05) is 6.55 Å². The molecule has 0 bridgehead atoms. The van der Waals surface area contributed by atoms with Crippen LogP contribution in [0.2, 0.25) is 58.9 Å². The Bertz CT molecular complexity index is 269. The molecule has 1 aliphatic rings. The molecule has 0 spiro atoms. The van der Waals surface area contributed by atoms with E-state index in [0.717, 1.165) is 0 Å². The molecule has 1 N–H and O–H groups in total. The van der Waals surface area contributed by atoms with Crippen molar-refractivity contribution < 1.29 is 25.4 Å². The van der Waals surface area contributed by atoms with Crippen molar-refractivity contribution in [2.45, 2.75) is 58.9 Å². The highest BCUT2D eigenvalue weighted by atomic mass is 28.5. The van der Waals surface area contributed by atoms with Crippen molar-refractivity contribution in [1.82, 2.24) is 0 Å². The fraction of sp³-hybridized carbons (Fsp3) is 1.00. The van der Waals surface area contributed by atoms with E-state index in [0.29, 0.717) is 0 Å². The quantitative estimate of drug-likeness (QED) is 0.659. The van der Waals surface area contributed by atoms with Crippen molar-refractivity contribution >= 4 is 43.0 Å². The standard InChI is InChI=1S/C9H28O6Si5/c1-16(2)11-17(3,4)13-19(7,8)15-20(9,10)14-18(5,6)12-16/h10H,1-9H3. The molecule has 20 heavy (non-hydrogen) atoms. The van der Waals surface area contributed by atoms with Gasteiger partial charge in [-0.25, -0.2) is 0 Å². The summed E-state index contributed by atoms with van der Waals surface area (Å²) in [4.78, 5) is 10.5. The van der Waals surface area contributed by atoms with Gasteiger partial charge in [-0.15, -0.1) is 0 Å². The van der Waals surface area contributed by atoms with Gasteiger partial charge in [0.2, 0.25) is 0 Å². The smallest absolute Gasteiger partial charge is 0.416 e. The largest absolute Gasteiger partial charge is 0.477 e. The Hall–Kier alpha value is 0.844. The molecule has 11 heteroatoms. The highest BCUT2D eigenvalue weighted by Gasteiger charge is 2.52. The maximum Gasteiger partial charge on any atom is 0.477 e. The fourth-order valence-electron chi connectivity index (χ4n) is 2.79. The van der Waals surface area contributed by atoms with Gasteiger partial charge in [0.1, 0.15) is 0 Å². The van der Waals surface area contributed by atoms with Crippen LogP contribution in [0.15, 0.2) is 0 Å². The first-order valence-electron chi connectivity index (χ1n) is 6.76. The third-order valence-electron chi connectivity index (χ3n) is 2.35. The second kappa shape index (κ2) is 5.48. The van der Waals surface area contributed by atoms with Crippen molar-refractivity contribution in [2.75, 3.05) is 0 Å². The normalized spacial score (nSPS) is 31.5. The molecule has 1 fully saturated rings. The van der Waals surface area contributed by atoms with Crippen LogP contribution in [0.3, 0.4) is 0 Å². The molecule has 0 aromatic heterocycles. The Balaban J connectivity index is 3.15. The highest BCUT2D eigenvalue weighted by molar-refractivity contribution is 6.91. The van der Waals surface area contributed by atoms with Crippen LogP contribution in [0.5, 0.6) is 0 Å². The predicted molar refractivity (Wildman–Crippen MR) is 89.2 cm³/mol. The summed E-state index contributed by atoms with van der Waals surface area (Å²) in [5.74, 6) is 0. The topological polar surface area (TPSA) is 66.4 Å². The van der Waals surface area contributed by atoms with Gasteiger partial charge in [0.15, 0.2) is 0 Å². The molecule has 0 radical (unpaired) electrons. The Morgan fingerprint density at radius 1 is 0.450 bits per heavy atom. The van der Waals surface area contributed by atoms with Gasteiger partial charge in [-0.2, -0.15) is 0 Å². The van der Waals surface area contributed by atoms with E-state index >= 15 is 0 Å². The van der Waals surface area contributed by atoms with E-state index < -0.39 is 43.0 Å². The molecule has 1 aliphatic heterocycles. The summed E-state index contributed by atoms with van der Waals surface area (Å²) in [6.07, 6.45) is 0. The molecule has 0 amide bonds. The molecule has 0 aliphatic carbocycles. The van der Waals surface area contributed by atoms with Crippen molar-refractivity contribution in [3.63, 3.8) is 0 Å². The molecule has 0 atom stereocenters. The average Bonchev–Trinajstić information content (AvgIpc) is 1.84. The summed E-state index contributed by atoms with van der Waals surface area (Å²) in [7, 11) is -13.0. The van der Waals surface area contributed by atoms with Crippen molar-refractivity contribution in [3.05, 3.63) is 0 Å². The second-order valence-corrected chi connectivity index (χ2v) is 24.1. The molecule has 1 saturated heterocycles. The Morgan fingerprint density at radius 2 is 0.650 bits per heavy atom. The first kappa shape index (κ1) is 18.9. The van der Waals surface area contributed by atoms with E-state index in [-0.39, 0.29) is 0 Å². The van der Waals surface area contributed by atoms with Crippen LogP contribution in [0.4, 0.5) is 0 Å². The van der Waals surface area contributed by atoms with E-state index in [1.807, 2.05) is 52.4 Å². The highest BCUT2D eigenvalue weighted by Crippen LogP contribution is 2.29. The van der Waals surface area contributed by atoms with Crippen molar-refractivity contribution in [2.24, 2.45) is 0 Å². The zero-order valence-electron chi connectivity index (χ0n) is 14.0. The van der Waals surface area contributed by atoms with Crippen molar-refractivity contribution in [3.8, 4) is 0 Å². The van der Waals surface area contributed by atoms with Gasteiger partial charge < -0.3 is 25.4 Å². The molecule has 0 aromatic rings. The Morgan fingerprint density at radius 3 is 0.900 bits per heavy atom. The molecule has 0 unspecified atom stereocenters. The molecule has 0 saturated carbocycles. The summed E-state index contributed by atoms with van der Waals surface area (Å²) in [6.45, 7) is 17.3. The maximum atomic E-state index is 10.5. The van der Waals surface area contributed by atoms with Gasteiger partial charge in [0.05, 0.1) is 0 Å². The zero-order valence-corrected chi connectivity index (χ0v) is 19.0. The molecule has 120 valence electrons. The molecular formula is C9H28O6Si5. The summed E-state index contributed by atoms with van der Waals surface area (Å²) < 4.78 is 30.2. The number of hydrogen-bond acceptors (Lipinski definition) is 6. The second-order valence-electron chi connectivity index (χ2n) is 7.01. The van der Waals surface area contributed by atoms with E-state index in [2.05, 4.69) is 0 Å². The van der Waals surface area contributed by atoms with Crippen LogP contribution < -0.4 is 0 Å². The fourth-order valence-corrected chi connectivity index (χ4v) is 27.0. The molecule has 0 aromatic carbocycles. The molecule has 1 heterocycles. The van der Waals surface area contributed by atoms with E-state index in [9.17, 15) is 4.80 Å². The number of hydrogen-bond donors (Lipinski definition) is 1. The summed E-state index contributed by atoms with van der Waals surface area (Å²) in [6, 6.07) is 0. The monoisotopic (exact) mass is 372 g/mol. The lowest BCUT2D eigenvalue weighted by molar-refractivity contribution is 0.185. The van der Waals surface area contributed by atoms with Gasteiger partial charge in [-0.3, -0.25) is 0 Å². The van der Waals surface area contributed by atoms with Gasteiger partial charge in [0.25, 0.3) is 0 Å². The van der Waals surface area contributed by atoms with Crippen LogP contribution in [-0.4, -0.2) is 47.8 Å². The van der Waals surface area contributed by atoms with E-state index in [1.54, 1.807) is 6.55 Å². The Labute approximate surface area is 127 Å². The maximum absolute atomic E-state index is 10.5. The minimum atomic E-state index is -3.26. The van der Waals surface area contributed by atoms with Crippen LogP contribution >= 0.6 is 0 Å². The van der Waals surface area contributed by atoms with Crippen LogP contribution in [0.1, 0.15) is 0 Å². The minimum Gasteiger partial charge on any atom is -0.416 e. The van der Waals surface area contributed by atoms with Gasteiger partial charge in [-0.1, -0.05) is 0 Å². The van der Waals surface area contributed by atoms with Gasteiger partial charge in [-0.05, 0) is 52.4 Å². The minimum absolute atomic E-state index is 1.63. The lowest BCUT2D eigenvalue weighted by Crippen LogP contribution is -2.64. The average molecular weight is 373 g/mol. The molecular weight excluding hydrogens is 345 g/mol. The van der Waals surface area contributed by atoms with Crippen molar-refractivity contribution in [1.29, 1.82) is 0 Å². The molecule has 6 nitrogen and oxygen atoms in total. The van der Waals surface area contributed by atoms with Crippen LogP contribution in [0.25, 0.3) is 0 Å². The first-order chi connectivity index (χ1) is 8.54. The SMILES string of the molecule is C[Si]1(C)O[Si](C)(C)O[Si](C)(C)O[Si](C)(O)O[Si](C)(C)O1. The van der Waals surface area contributed by atoms with Crippen LogP contribution in [-0.2, 0) is 20.6 Å². The van der Waals surface area contributed by atoms with E-state index in [1.165, 1.54) is 0 Å². The molecule has 1 rings (SSSR count). The van der Waals surface area contributed by atoms with Crippen LogP contribution in [0, 0.1) is 0 Å². The first-order valence-corrected chi connectivity index (χ1v) is 20.3. The number of rotatable bonds is 0. The van der Waals surface area contributed by atoms with Gasteiger partial charge >= 0.3 is 43.0 Å². The zero-order chi connectivity index (χ0) is 16.0. The summed E-state index contributed by atoms with van der Waals surface area (Å²) >= 11 is 0. The predicted octanol–water partition coefficient (Wildman–Crippen LogP) is 2.45.